The number of rotatable bonds is 5. The summed E-state index contributed by atoms with van der Waals surface area (Å²) < 4.78 is 0. The molecule has 0 unspecified atom stereocenters. The number of anilines is 1. The molecule has 1 heterocycles. The van der Waals surface area contributed by atoms with Gasteiger partial charge in [0.05, 0.1) is 0 Å². The van der Waals surface area contributed by atoms with E-state index in [9.17, 15) is 0 Å². The molecule has 0 saturated heterocycles. The quantitative estimate of drug-likeness (QED) is 0.834. The molecular weight excluding hydrogens is 208 g/mol. The molecule has 0 amide bonds. The van der Waals surface area contributed by atoms with Crippen molar-refractivity contribution < 1.29 is 0 Å². The third kappa shape index (κ3) is 2.32. The summed E-state index contributed by atoms with van der Waals surface area (Å²) in [5.74, 6) is 0.985. The van der Waals surface area contributed by atoms with Crippen LogP contribution in [0.1, 0.15) is 24.0 Å². The monoisotopic (exact) mass is 230 g/mol. The first-order chi connectivity index (χ1) is 8.38. The minimum Gasteiger partial charge on any atom is -0.370 e. The molecule has 0 spiro atoms. The third-order valence-electron chi connectivity index (χ3n) is 3.99. The average Bonchev–Trinajstić information content (AvgIpc) is 3.07. The molecule has 1 aromatic carbocycles. The maximum absolute atomic E-state index is 3.26. The summed E-state index contributed by atoms with van der Waals surface area (Å²) in [6.45, 7) is 3.61. The van der Waals surface area contributed by atoms with E-state index in [2.05, 4.69) is 28.4 Å². The van der Waals surface area contributed by atoms with Crippen LogP contribution in [-0.2, 0) is 12.8 Å². The van der Waals surface area contributed by atoms with Crippen LogP contribution in [0.3, 0.4) is 0 Å². The van der Waals surface area contributed by atoms with Gasteiger partial charge in [-0.05, 0) is 56.3 Å². The largest absolute Gasteiger partial charge is 0.370 e. The van der Waals surface area contributed by atoms with E-state index in [1.165, 1.54) is 37.9 Å². The highest BCUT2D eigenvalue weighted by atomic mass is 15.2. The van der Waals surface area contributed by atoms with Gasteiger partial charge >= 0.3 is 0 Å². The molecule has 1 saturated carbocycles. The van der Waals surface area contributed by atoms with Crippen molar-refractivity contribution in [3.8, 4) is 0 Å². The van der Waals surface area contributed by atoms with E-state index in [0.29, 0.717) is 0 Å². The molecule has 3 rings (SSSR count). The molecule has 2 nitrogen and oxygen atoms in total. The molecular formula is C15H22N2. The fourth-order valence-corrected chi connectivity index (χ4v) is 2.88. The highest BCUT2D eigenvalue weighted by Crippen LogP contribution is 2.37. The molecule has 0 aromatic heterocycles. The molecule has 1 aromatic rings. The molecule has 0 bridgehead atoms. The van der Waals surface area contributed by atoms with Crippen LogP contribution >= 0.6 is 0 Å². The van der Waals surface area contributed by atoms with Gasteiger partial charge in [0.1, 0.15) is 0 Å². The van der Waals surface area contributed by atoms with E-state index in [4.69, 9.17) is 0 Å². The average molecular weight is 230 g/mol. The minimum atomic E-state index is 0.985. The number of benzene rings is 1. The number of hydrogen-bond acceptors (Lipinski definition) is 2. The Bertz CT molecular complexity index is 396. The third-order valence-corrected chi connectivity index (χ3v) is 3.99. The van der Waals surface area contributed by atoms with Crippen molar-refractivity contribution in [1.29, 1.82) is 0 Å². The fourth-order valence-electron chi connectivity index (χ4n) is 2.88. The summed E-state index contributed by atoms with van der Waals surface area (Å²) in [4.78, 5) is 2.64. The molecule has 1 aliphatic heterocycles. The first kappa shape index (κ1) is 11.1. The van der Waals surface area contributed by atoms with Crippen LogP contribution in [0.4, 0.5) is 5.69 Å². The summed E-state index contributed by atoms with van der Waals surface area (Å²) in [5, 5.41) is 3.26. The topological polar surface area (TPSA) is 15.3 Å². The van der Waals surface area contributed by atoms with Crippen molar-refractivity contribution in [3.63, 3.8) is 0 Å². The van der Waals surface area contributed by atoms with Gasteiger partial charge in [0.2, 0.25) is 0 Å². The lowest BCUT2D eigenvalue weighted by molar-refractivity contribution is 0.739. The van der Waals surface area contributed by atoms with Crippen LogP contribution in [0, 0.1) is 5.92 Å². The Balaban J connectivity index is 1.82. The number of fused-ring (bicyclic) bond motifs is 1. The van der Waals surface area contributed by atoms with Gasteiger partial charge in [0.15, 0.2) is 0 Å². The number of likely N-dealkylation sites (N-methyl/N-ethyl adjacent to an activating group) is 1. The summed E-state index contributed by atoms with van der Waals surface area (Å²) in [7, 11) is 2.03. The number of nitrogens with one attached hydrogen (secondary N) is 1. The standard InChI is InChI=1S/C15H22N2/c1-16-9-7-13-3-2-4-14-8-10-17(15(13)14)11-12-5-6-12/h2-4,12,16H,5-11H2,1H3. The Hall–Kier alpha value is -1.02. The van der Waals surface area contributed by atoms with Gasteiger partial charge in [-0.1, -0.05) is 18.2 Å². The highest BCUT2D eigenvalue weighted by Gasteiger charge is 2.28. The second-order valence-corrected chi connectivity index (χ2v) is 5.42. The zero-order valence-electron chi connectivity index (χ0n) is 10.7. The zero-order valence-corrected chi connectivity index (χ0v) is 10.7. The van der Waals surface area contributed by atoms with E-state index in [1.54, 1.807) is 11.3 Å². The van der Waals surface area contributed by atoms with Crippen LogP contribution in [0.15, 0.2) is 18.2 Å². The van der Waals surface area contributed by atoms with Crippen molar-refractivity contribution in [2.45, 2.75) is 25.7 Å². The molecule has 92 valence electrons. The Kier molecular flexibility index (Phi) is 3.06. The zero-order chi connectivity index (χ0) is 11.7. The van der Waals surface area contributed by atoms with Crippen molar-refractivity contribution >= 4 is 5.69 Å². The first-order valence-electron chi connectivity index (χ1n) is 6.89. The van der Waals surface area contributed by atoms with Gasteiger partial charge in [0, 0.05) is 18.8 Å². The number of para-hydroxylation sites is 1. The van der Waals surface area contributed by atoms with Crippen LogP contribution in [-0.4, -0.2) is 26.7 Å². The Morgan fingerprint density at radius 3 is 3.00 bits per heavy atom. The predicted octanol–water partition coefficient (Wildman–Crippen LogP) is 2.22. The predicted molar refractivity (Wildman–Crippen MR) is 72.7 cm³/mol. The normalized spacial score (nSPS) is 18.5. The first-order valence-corrected chi connectivity index (χ1v) is 6.89. The van der Waals surface area contributed by atoms with Gasteiger partial charge in [-0.2, -0.15) is 0 Å². The highest BCUT2D eigenvalue weighted by molar-refractivity contribution is 5.63. The lowest BCUT2D eigenvalue weighted by Crippen LogP contribution is -2.24. The van der Waals surface area contributed by atoms with Crippen molar-refractivity contribution in [3.05, 3.63) is 29.3 Å². The van der Waals surface area contributed by atoms with E-state index in [1.807, 2.05) is 7.05 Å². The Morgan fingerprint density at radius 2 is 2.24 bits per heavy atom. The lowest BCUT2D eigenvalue weighted by Gasteiger charge is -2.22. The molecule has 2 heteroatoms. The van der Waals surface area contributed by atoms with Gasteiger partial charge in [-0.15, -0.1) is 0 Å². The van der Waals surface area contributed by atoms with Gasteiger partial charge in [-0.25, -0.2) is 0 Å². The molecule has 1 aliphatic carbocycles. The van der Waals surface area contributed by atoms with Crippen LogP contribution in [0.25, 0.3) is 0 Å². The van der Waals surface area contributed by atoms with Crippen LogP contribution in [0.5, 0.6) is 0 Å². The summed E-state index contributed by atoms with van der Waals surface area (Å²) >= 11 is 0. The van der Waals surface area contributed by atoms with E-state index < -0.39 is 0 Å². The van der Waals surface area contributed by atoms with Crippen molar-refractivity contribution in [1.82, 2.24) is 5.32 Å². The lowest BCUT2D eigenvalue weighted by atomic mass is 10.0. The number of nitrogens with zero attached hydrogens (tertiary/aromatic N) is 1. The van der Waals surface area contributed by atoms with Crippen LogP contribution in [0.2, 0.25) is 0 Å². The number of hydrogen-bond donors (Lipinski definition) is 1. The Morgan fingerprint density at radius 1 is 1.35 bits per heavy atom. The fraction of sp³-hybridized carbons (Fsp3) is 0.600. The van der Waals surface area contributed by atoms with Crippen molar-refractivity contribution in [2.24, 2.45) is 5.92 Å². The molecule has 0 atom stereocenters. The van der Waals surface area contributed by atoms with E-state index in [0.717, 1.165) is 18.9 Å². The SMILES string of the molecule is CNCCc1cccc2c1N(CC1CC1)CC2. The van der Waals surface area contributed by atoms with Crippen molar-refractivity contribution in [2.75, 3.05) is 31.6 Å². The summed E-state index contributed by atoms with van der Waals surface area (Å²) in [6.07, 6.45) is 5.30. The summed E-state index contributed by atoms with van der Waals surface area (Å²) in [5.41, 5.74) is 4.67. The van der Waals surface area contributed by atoms with Gasteiger partial charge in [-0.3, -0.25) is 0 Å². The summed E-state index contributed by atoms with van der Waals surface area (Å²) in [6, 6.07) is 6.84. The molecule has 1 fully saturated rings. The van der Waals surface area contributed by atoms with Gasteiger partial charge in [0.25, 0.3) is 0 Å². The van der Waals surface area contributed by atoms with E-state index >= 15 is 0 Å². The van der Waals surface area contributed by atoms with Crippen LogP contribution < -0.4 is 10.2 Å². The Labute approximate surface area is 104 Å². The molecule has 1 N–H and O–H groups in total. The van der Waals surface area contributed by atoms with Gasteiger partial charge < -0.3 is 10.2 Å². The smallest absolute Gasteiger partial charge is 0.0432 e. The second kappa shape index (κ2) is 4.69. The maximum atomic E-state index is 3.26. The molecule has 2 aliphatic rings. The molecule has 17 heavy (non-hydrogen) atoms. The molecule has 0 radical (unpaired) electrons. The minimum absolute atomic E-state index is 0.985. The van der Waals surface area contributed by atoms with E-state index in [-0.39, 0.29) is 0 Å². The second-order valence-electron chi connectivity index (χ2n) is 5.42. The maximum Gasteiger partial charge on any atom is 0.0432 e.